The van der Waals surface area contributed by atoms with E-state index in [2.05, 4.69) is 9.97 Å². The smallest absolute Gasteiger partial charge is 0.356 e. The predicted octanol–water partition coefficient (Wildman–Crippen LogP) is 2.23. The fourth-order valence-corrected chi connectivity index (χ4v) is 2.08. The Morgan fingerprint density at radius 3 is 2.88 bits per heavy atom. The van der Waals surface area contributed by atoms with E-state index in [-0.39, 0.29) is 10.8 Å². The Morgan fingerprint density at radius 1 is 1.35 bits per heavy atom. The van der Waals surface area contributed by atoms with Crippen molar-refractivity contribution < 1.29 is 9.90 Å². The average Bonchev–Trinajstić information content (AvgIpc) is 2.74. The second-order valence-electron chi connectivity index (χ2n) is 3.51. The molecule has 0 saturated carbocycles. The van der Waals surface area contributed by atoms with Crippen molar-refractivity contribution in [2.45, 2.75) is 0 Å². The van der Waals surface area contributed by atoms with E-state index in [1.165, 1.54) is 6.33 Å². The van der Waals surface area contributed by atoms with E-state index in [0.717, 1.165) is 5.52 Å². The number of para-hydroxylation sites is 2. The van der Waals surface area contributed by atoms with Gasteiger partial charge in [-0.1, -0.05) is 23.7 Å². The molecule has 3 aromatic rings. The number of hydrogen-bond acceptors (Lipinski definition) is 3. The van der Waals surface area contributed by atoms with Crippen LogP contribution in [0.5, 0.6) is 0 Å². The Balaban J connectivity index is 2.56. The summed E-state index contributed by atoms with van der Waals surface area (Å²) in [7, 11) is 0. The third kappa shape index (κ3) is 1.36. The highest BCUT2D eigenvalue weighted by Crippen LogP contribution is 2.23. The molecule has 0 amide bonds. The number of fused-ring (bicyclic) bond motifs is 3. The second-order valence-corrected chi connectivity index (χ2v) is 3.87. The number of imidazole rings is 1. The van der Waals surface area contributed by atoms with Gasteiger partial charge in [-0.25, -0.2) is 14.8 Å². The Hall–Kier alpha value is -2.14. The molecule has 1 aromatic carbocycles. The topological polar surface area (TPSA) is 67.5 Å². The fourth-order valence-electron chi connectivity index (χ4n) is 1.81. The molecule has 0 saturated heterocycles. The van der Waals surface area contributed by atoms with Crippen LogP contribution in [0.4, 0.5) is 0 Å². The van der Waals surface area contributed by atoms with Crippen molar-refractivity contribution in [2.24, 2.45) is 0 Å². The maximum absolute atomic E-state index is 11.0. The highest BCUT2D eigenvalue weighted by Gasteiger charge is 2.17. The fraction of sp³-hybridized carbons (Fsp3) is 0. The summed E-state index contributed by atoms with van der Waals surface area (Å²) in [5.74, 6) is -1.12. The van der Waals surface area contributed by atoms with Crippen LogP contribution in [0, 0.1) is 0 Å². The summed E-state index contributed by atoms with van der Waals surface area (Å²) in [6.07, 6.45) is 1.44. The van der Waals surface area contributed by atoms with Gasteiger partial charge in [0, 0.05) is 0 Å². The minimum Gasteiger partial charge on any atom is -0.476 e. The standard InChI is InChI=1S/C11H6ClN3O2/c12-10-9-8(11(16)17)13-5-15(9)7-4-2-1-3-6(7)14-10/h1-5H,(H,16,17). The molecule has 0 unspecified atom stereocenters. The van der Waals surface area contributed by atoms with Gasteiger partial charge in [0.05, 0.1) is 11.0 Å². The van der Waals surface area contributed by atoms with E-state index in [0.29, 0.717) is 11.0 Å². The molecular formula is C11H6ClN3O2. The molecule has 84 valence electrons. The van der Waals surface area contributed by atoms with Crippen molar-refractivity contribution in [3.8, 4) is 0 Å². The minimum absolute atomic E-state index is 0.0896. The van der Waals surface area contributed by atoms with E-state index in [1.54, 1.807) is 10.5 Å². The number of aromatic carboxylic acids is 1. The first kappa shape index (κ1) is 10.0. The number of carbonyl (C=O) groups is 1. The second kappa shape index (κ2) is 3.43. The SMILES string of the molecule is O=C(O)c1ncn2c1c(Cl)nc1ccccc12. The van der Waals surface area contributed by atoms with Gasteiger partial charge in [0.2, 0.25) is 0 Å². The lowest BCUT2D eigenvalue weighted by molar-refractivity contribution is 0.0693. The van der Waals surface area contributed by atoms with Crippen LogP contribution in [0.2, 0.25) is 5.15 Å². The molecule has 0 radical (unpaired) electrons. The summed E-state index contributed by atoms with van der Waals surface area (Å²) in [5.41, 5.74) is 1.69. The van der Waals surface area contributed by atoms with Crippen molar-refractivity contribution in [1.29, 1.82) is 0 Å². The summed E-state index contributed by atoms with van der Waals surface area (Å²) in [6, 6.07) is 7.32. The van der Waals surface area contributed by atoms with E-state index in [9.17, 15) is 4.79 Å². The van der Waals surface area contributed by atoms with E-state index >= 15 is 0 Å². The maximum atomic E-state index is 11.0. The van der Waals surface area contributed by atoms with Gasteiger partial charge in [0.25, 0.3) is 0 Å². The normalized spacial score (nSPS) is 11.1. The van der Waals surface area contributed by atoms with Crippen molar-refractivity contribution >= 4 is 34.1 Å². The summed E-state index contributed by atoms with van der Waals surface area (Å²) < 4.78 is 1.63. The highest BCUT2D eigenvalue weighted by molar-refractivity contribution is 6.33. The Bertz CT molecular complexity index is 751. The molecular weight excluding hydrogens is 242 g/mol. The molecule has 2 aromatic heterocycles. The summed E-state index contributed by atoms with van der Waals surface area (Å²) in [4.78, 5) is 19.0. The maximum Gasteiger partial charge on any atom is 0.356 e. The molecule has 0 atom stereocenters. The van der Waals surface area contributed by atoms with Gasteiger partial charge in [0.1, 0.15) is 11.8 Å². The first-order chi connectivity index (χ1) is 8.18. The zero-order valence-electron chi connectivity index (χ0n) is 8.46. The lowest BCUT2D eigenvalue weighted by Gasteiger charge is -2.03. The van der Waals surface area contributed by atoms with Crippen molar-refractivity contribution in [3.63, 3.8) is 0 Å². The van der Waals surface area contributed by atoms with Gasteiger partial charge >= 0.3 is 5.97 Å². The van der Waals surface area contributed by atoms with E-state index in [4.69, 9.17) is 16.7 Å². The van der Waals surface area contributed by atoms with Crippen LogP contribution in [0.3, 0.4) is 0 Å². The van der Waals surface area contributed by atoms with Gasteiger partial charge in [-0.3, -0.25) is 4.40 Å². The molecule has 1 N–H and O–H groups in total. The van der Waals surface area contributed by atoms with E-state index in [1.807, 2.05) is 18.2 Å². The summed E-state index contributed by atoms with van der Waals surface area (Å²) in [6.45, 7) is 0. The lowest BCUT2D eigenvalue weighted by Crippen LogP contribution is -1.99. The largest absolute Gasteiger partial charge is 0.476 e. The van der Waals surface area contributed by atoms with Crippen LogP contribution < -0.4 is 0 Å². The Morgan fingerprint density at radius 2 is 2.12 bits per heavy atom. The zero-order chi connectivity index (χ0) is 12.0. The molecule has 5 nitrogen and oxygen atoms in total. The van der Waals surface area contributed by atoms with Gasteiger partial charge < -0.3 is 5.11 Å². The van der Waals surface area contributed by atoms with Crippen LogP contribution in [0.15, 0.2) is 30.6 Å². The van der Waals surface area contributed by atoms with Crippen LogP contribution in [-0.2, 0) is 0 Å². The van der Waals surface area contributed by atoms with Gasteiger partial charge in [-0.15, -0.1) is 0 Å². The highest BCUT2D eigenvalue weighted by atomic mass is 35.5. The molecule has 6 heteroatoms. The summed E-state index contributed by atoms with van der Waals surface area (Å²) in [5, 5.41) is 9.14. The average molecular weight is 248 g/mol. The molecule has 2 heterocycles. The number of carboxylic acid groups (broad SMARTS) is 1. The number of carboxylic acids is 1. The zero-order valence-corrected chi connectivity index (χ0v) is 9.22. The molecule has 0 fully saturated rings. The van der Waals surface area contributed by atoms with Gasteiger partial charge in [-0.2, -0.15) is 0 Å². The van der Waals surface area contributed by atoms with Crippen molar-refractivity contribution in [1.82, 2.24) is 14.4 Å². The molecule has 0 spiro atoms. The Kier molecular flexibility index (Phi) is 2.02. The Labute approximate surface area is 100 Å². The first-order valence-corrected chi connectivity index (χ1v) is 5.21. The molecule has 0 aliphatic rings. The van der Waals surface area contributed by atoms with Crippen LogP contribution in [0.1, 0.15) is 10.5 Å². The summed E-state index contributed by atoms with van der Waals surface area (Å²) >= 11 is 5.99. The number of hydrogen-bond donors (Lipinski definition) is 1. The minimum atomic E-state index is -1.12. The van der Waals surface area contributed by atoms with Gasteiger partial charge in [-0.05, 0) is 12.1 Å². The van der Waals surface area contributed by atoms with Crippen LogP contribution in [0.25, 0.3) is 16.6 Å². The first-order valence-electron chi connectivity index (χ1n) is 4.83. The number of benzene rings is 1. The third-order valence-corrected chi connectivity index (χ3v) is 2.79. The number of halogens is 1. The van der Waals surface area contributed by atoms with Crippen LogP contribution in [-0.4, -0.2) is 25.4 Å². The lowest BCUT2D eigenvalue weighted by atomic mass is 10.3. The van der Waals surface area contributed by atoms with Gasteiger partial charge in [0.15, 0.2) is 10.8 Å². The number of rotatable bonds is 1. The van der Waals surface area contributed by atoms with Crippen molar-refractivity contribution in [2.75, 3.05) is 0 Å². The van der Waals surface area contributed by atoms with Crippen molar-refractivity contribution in [3.05, 3.63) is 41.4 Å². The number of nitrogens with zero attached hydrogens (tertiary/aromatic N) is 3. The molecule has 0 aliphatic heterocycles. The molecule has 17 heavy (non-hydrogen) atoms. The third-order valence-electron chi connectivity index (χ3n) is 2.53. The quantitative estimate of drug-likeness (QED) is 0.716. The monoisotopic (exact) mass is 247 g/mol. The molecule has 3 rings (SSSR count). The number of aromatic nitrogens is 3. The van der Waals surface area contributed by atoms with Crippen LogP contribution >= 0.6 is 11.6 Å². The molecule has 0 aliphatic carbocycles. The van der Waals surface area contributed by atoms with E-state index < -0.39 is 5.97 Å². The molecule has 0 bridgehead atoms. The predicted molar refractivity (Wildman–Crippen MR) is 62.5 cm³/mol.